The Morgan fingerprint density at radius 2 is 1.26 bits per heavy atom. The molecule has 0 saturated heterocycles. The summed E-state index contributed by atoms with van der Waals surface area (Å²) in [7, 11) is 0. The minimum atomic E-state index is -1.36. The molecule has 2 atom stereocenters. The molecule has 1 saturated carbocycles. The van der Waals surface area contributed by atoms with Gasteiger partial charge in [-0.05, 0) is 72.4 Å². The van der Waals surface area contributed by atoms with Gasteiger partial charge in [0, 0.05) is 12.5 Å². The summed E-state index contributed by atoms with van der Waals surface area (Å²) >= 11 is 0. The molecule has 0 heterocycles. The molecule has 0 N–H and O–H groups in total. The fourth-order valence-electron chi connectivity index (χ4n) is 5.28. The van der Waals surface area contributed by atoms with Crippen molar-refractivity contribution in [3.63, 3.8) is 0 Å². The summed E-state index contributed by atoms with van der Waals surface area (Å²) < 4.78 is 32.5. The minimum absolute atomic E-state index is 0.117. The van der Waals surface area contributed by atoms with Crippen molar-refractivity contribution in [3.8, 4) is 22.6 Å². The molecule has 0 aliphatic heterocycles. The first-order valence-corrected chi connectivity index (χ1v) is 16.0. The first-order chi connectivity index (χ1) is 20.5. The highest BCUT2D eigenvalue weighted by atomic mass is 19.1. The molecule has 3 aromatic rings. The van der Waals surface area contributed by atoms with E-state index in [4.69, 9.17) is 14.2 Å². The maximum absolute atomic E-state index is 15.3. The number of unbranched alkanes of at least 4 members (excludes halogenated alkanes) is 8. The van der Waals surface area contributed by atoms with Crippen molar-refractivity contribution in [2.24, 2.45) is 5.92 Å². The Balaban J connectivity index is 1.20. The first kappa shape index (κ1) is 31.7. The number of esters is 1. The van der Waals surface area contributed by atoms with Gasteiger partial charge >= 0.3 is 5.97 Å². The second-order valence-electron chi connectivity index (χ2n) is 11.5. The molecule has 0 aromatic heterocycles. The molecule has 1 aliphatic carbocycles. The van der Waals surface area contributed by atoms with Crippen LogP contribution in [0.5, 0.6) is 11.5 Å². The number of alkyl halides is 1. The lowest BCUT2D eigenvalue weighted by Crippen LogP contribution is -2.11. The summed E-state index contributed by atoms with van der Waals surface area (Å²) in [5.41, 5.74) is 1.73. The number of benzene rings is 3. The Hall–Kier alpha value is -3.18. The Kier molecular flexibility index (Phi) is 12.4. The van der Waals surface area contributed by atoms with Crippen LogP contribution in [-0.2, 0) is 10.4 Å². The van der Waals surface area contributed by atoms with E-state index >= 15 is 4.39 Å². The van der Waals surface area contributed by atoms with Gasteiger partial charge in [0.25, 0.3) is 0 Å². The van der Waals surface area contributed by atoms with Gasteiger partial charge < -0.3 is 14.2 Å². The lowest BCUT2D eigenvalue weighted by molar-refractivity contribution is 0.0734. The summed E-state index contributed by atoms with van der Waals surface area (Å²) in [5, 5.41) is 0. The van der Waals surface area contributed by atoms with Crippen molar-refractivity contribution in [2.45, 2.75) is 90.1 Å². The van der Waals surface area contributed by atoms with Crippen LogP contribution in [-0.4, -0.2) is 25.8 Å². The van der Waals surface area contributed by atoms with Gasteiger partial charge in [0.15, 0.2) is 0 Å². The highest BCUT2D eigenvalue weighted by molar-refractivity contribution is 5.91. The second kappa shape index (κ2) is 16.5. The number of halogens is 1. The fraction of sp³-hybridized carbons (Fsp3) is 0.486. The minimum Gasteiger partial charge on any atom is -0.494 e. The molecule has 42 heavy (non-hydrogen) atoms. The van der Waals surface area contributed by atoms with Crippen LogP contribution in [0.4, 0.5) is 4.39 Å². The first-order valence-electron chi connectivity index (χ1n) is 16.0. The largest absolute Gasteiger partial charge is 0.494 e. The van der Waals surface area contributed by atoms with Crippen LogP contribution < -0.4 is 9.47 Å². The Labute approximate surface area is 251 Å². The van der Waals surface area contributed by atoms with E-state index in [9.17, 15) is 4.79 Å². The lowest BCUT2D eigenvalue weighted by atomic mass is 10.0. The molecule has 0 amide bonds. The number of ether oxygens (including phenoxy) is 3. The van der Waals surface area contributed by atoms with E-state index in [0.29, 0.717) is 36.5 Å². The predicted octanol–water partition coefficient (Wildman–Crippen LogP) is 10.1. The highest BCUT2D eigenvalue weighted by Gasteiger charge is 2.56. The quantitative estimate of drug-likeness (QED) is 0.0812. The van der Waals surface area contributed by atoms with Crippen LogP contribution in [0.2, 0.25) is 0 Å². The van der Waals surface area contributed by atoms with Gasteiger partial charge in [-0.2, -0.15) is 0 Å². The van der Waals surface area contributed by atoms with Crippen LogP contribution in [0.15, 0.2) is 72.8 Å². The van der Waals surface area contributed by atoms with Crippen LogP contribution in [0, 0.1) is 5.92 Å². The van der Waals surface area contributed by atoms with Crippen molar-refractivity contribution < 1.29 is 23.4 Å². The Bertz CT molecular complexity index is 1210. The standard InChI is InChI=1S/C37H47FO4/c1-3-5-7-9-10-12-26-41-34-21-15-29(16-22-34)30-17-23-35(24-18-30)42-36(39)31-13-19-32(20-14-31)37(38)27-33(37)28-40-25-11-8-6-4-2/h13-24,33H,3-12,25-28H2,1-2H3. The van der Waals surface area contributed by atoms with Crippen LogP contribution >= 0.6 is 0 Å². The van der Waals surface area contributed by atoms with Gasteiger partial charge in [-0.1, -0.05) is 102 Å². The average molecular weight is 575 g/mol. The number of carbonyl (C=O) groups is 1. The van der Waals surface area contributed by atoms with Gasteiger partial charge in [0.05, 0.1) is 18.8 Å². The zero-order valence-corrected chi connectivity index (χ0v) is 25.4. The smallest absolute Gasteiger partial charge is 0.343 e. The van der Waals surface area contributed by atoms with Gasteiger partial charge in [-0.15, -0.1) is 0 Å². The third-order valence-electron chi connectivity index (χ3n) is 8.11. The van der Waals surface area contributed by atoms with E-state index in [-0.39, 0.29) is 5.92 Å². The Morgan fingerprint density at radius 1 is 0.714 bits per heavy atom. The molecule has 0 spiro atoms. The number of rotatable bonds is 19. The van der Waals surface area contributed by atoms with Crippen LogP contribution in [0.1, 0.15) is 100 Å². The summed E-state index contributed by atoms with van der Waals surface area (Å²) in [4.78, 5) is 12.7. The molecule has 1 aliphatic rings. The molecular formula is C37H47FO4. The van der Waals surface area contributed by atoms with E-state index in [2.05, 4.69) is 13.8 Å². The molecule has 1 fully saturated rings. The van der Waals surface area contributed by atoms with Crippen molar-refractivity contribution in [3.05, 3.63) is 83.9 Å². The van der Waals surface area contributed by atoms with Gasteiger partial charge in [-0.3, -0.25) is 0 Å². The maximum atomic E-state index is 15.3. The normalized spacial score (nSPS) is 17.6. The summed E-state index contributed by atoms with van der Waals surface area (Å²) in [6.45, 7) is 6.30. The molecule has 3 aromatic carbocycles. The summed E-state index contributed by atoms with van der Waals surface area (Å²) in [6, 6.07) is 22.2. The van der Waals surface area contributed by atoms with Crippen molar-refractivity contribution in [2.75, 3.05) is 19.8 Å². The van der Waals surface area contributed by atoms with Crippen molar-refractivity contribution in [1.29, 1.82) is 0 Å². The third kappa shape index (κ3) is 9.42. The zero-order valence-electron chi connectivity index (χ0n) is 25.4. The lowest BCUT2D eigenvalue weighted by Gasteiger charge is -2.11. The topological polar surface area (TPSA) is 44.8 Å². The van der Waals surface area contributed by atoms with Gasteiger partial charge in [0.2, 0.25) is 0 Å². The fourth-order valence-corrected chi connectivity index (χ4v) is 5.28. The zero-order chi connectivity index (χ0) is 29.6. The summed E-state index contributed by atoms with van der Waals surface area (Å²) in [5.74, 6) is 0.767. The van der Waals surface area contributed by atoms with E-state index in [1.807, 2.05) is 36.4 Å². The second-order valence-corrected chi connectivity index (χ2v) is 11.5. The van der Waals surface area contributed by atoms with Crippen LogP contribution in [0.3, 0.4) is 0 Å². The number of hydrogen-bond acceptors (Lipinski definition) is 4. The molecule has 5 heteroatoms. The van der Waals surface area contributed by atoms with Crippen molar-refractivity contribution >= 4 is 5.97 Å². The molecule has 0 radical (unpaired) electrons. The SMILES string of the molecule is CCCCCCCCOc1ccc(-c2ccc(OC(=O)c3ccc(C4(F)CC4COCCCCCC)cc3)cc2)cc1. The molecule has 4 rings (SSSR count). The predicted molar refractivity (Wildman–Crippen MR) is 168 cm³/mol. The highest BCUT2D eigenvalue weighted by Crippen LogP contribution is 2.55. The van der Waals surface area contributed by atoms with Crippen molar-refractivity contribution in [1.82, 2.24) is 0 Å². The van der Waals surface area contributed by atoms with Gasteiger partial charge in [-0.25, -0.2) is 9.18 Å². The van der Waals surface area contributed by atoms with E-state index in [1.165, 1.54) is 44.9 Å². The number of carbonyl (C=O) groups excluding carboxylic acids is 1. The average Bonchev–Trinajstić information content (AvgIpc) is 3.69. The molecule has 0 bridgehead atoms. The molecular weight excluding hydrogens is 527 g/mol. The van der Waals surface area contributed by atoms with E-state index in [0.717, 1.165) is 42.7 Å². The third-order valence-corrected chi connectivity index (χ3v) is 8.11. The Morgan fingerprint density at radius 3 is 1.90 bits per heavy atom. The molecule has 4 nitrogen and oxygen atoms in total. The molecule has 226 valence electrons. The number of hydrogen-bond donors (Lipinski definition) is 0. The summed E-state index contributed by atoms with van der Waals surface area (Å²) in [6.07, 6.45) is 12.5. The maximum Gasteiger partial charge on any atom is 0.343 e. The van der Waals surface area contributed by atoms with Crippen LogP contribution in [0.25, 0.3) is 11.1 Å². The van der Waals surface area contributed by atoms with E-state index < -0.39 is 11.6 Å². The van der Waals surface area contributed by atoms with Gasteiger partial charge in [0.1, 0.15) is 17.2 Å². The van der Waals surface area contributed by atoms with E-state index in [1.54, 1.807) is 36.4 Å². The molecule has 2 unspecified atom stereocenters. The monoisotopic (exact) mass is 574 g/mol.